The molecule has 0 bridgehead atoms. The van der Waals surface area contributed by atoms with E-state index in [-0.39, 0.29) is 6.03 Å². The summed E-state index contributed by atoms with van der Waals surface area (Å²) < 4.78 is 5.24. The molecule has 1 aliphatic carbocycles. The Hall–Kier alpha value is -1.83. The summed E-state index contributed by atoms with van der Waals surface area (Å²) in [6, 6.07) is -0.270. The summed E-state index contributed by atoms with van der Waals surface area (Å²) in [6.07, 6.45) is 2.05. The van der Waals surface area contributed by atoms with Crippen LogP contribution < -0.4 is 10.6 Å². The lowest BCUT2D eigenvalue weighted by molar-refractivity contribution is 0.0301. The van der Waals surface area contributed by atoms with Crippen LogP contribution in [0.3, 0.4) is 0 Å². The smallest absolute Gasteiger partial charge is 0.410 e. The van der Waals surface area contributed by atoms with Gasteiger partial charge in [-0.25, -0.2) is 14.6 Å². The molecule has 1 aromatic heterocycles. The molecule has 3 amide bonds. The van der Waals surface area contributed by atoms with Gasteiger partial charge in [0.05, 0.1) is 17.2 Å². The number of hydrogen-bond acceptors (Lipinski definition) is 5. The molecule has 1 heterocycles. The molecule has 1 aliphatic rings. The SMILES string of the molecule is CN(CCNC(=O)NCc1csc(C2CC2)n1)C(=O)OC(C)(C)C. The topological polar surface area (TPSA) is 83.6 Å². The molecule has 0 radical (unpaired) electrons. The van der Waals surface area contributed by atoms with Gasteiger partial charge in [0.1, 0.15) is 5.60 Å². The number of rotatable bonds is 6. The molecule has 1 aromatic rings. The number of carbonyl (C=O) groups excluding carboxylic acids is 2. The number of hydrogen-bond donors (Lipinski definition) is 2. The highest BCUT2D eigenvalue weighted by Gasteiger charge is 2.26. The molecular weight excluding hydrogens is 328 g/mol. The molecule has 0 aliphatic heterocycles. The highest BCUT2D eigenvalue weighted by molar-refractivity contribution is 7.09. The first-order chi connectivity index (χ1) is 11.2. The van der Waals surface area contributed by atoms with E-state index in [1.165, 1.54) is 22.7 Å². The van der Waals surface area contributed by atoms with Crippen LogP contribution in [-0.2, 0) is 11.3 Å². The Morgan fingerprint density at radius 2 is 2.08 bits per heavy atom. The Kier molecular flexibility index (Phi) is 6.04. The lowest BCUT2D eigenvalue weighted by atomic mass is 10.2. The van der Waals surface area contributed by atoms with E-state index in [1.54, 1.807) is 18.4 Å². The highest BCUT2D eigenvalue weighted by Crippen LogP contribution is 2.41. The lowest BCUT2D eigenvalue weighted by Crippen LogP contribution is -2.42. The molecule has 134 valence electrons. The monoisotopic (exact) mass is 354 g/mol. The summed E-state index contributed by atoms with van der Waals surface area (Å²) in [6.45, 7) is 6.60. The number of aromatic nitrogens is 1. The number of nitrogens with one attached hydrogen (secondary N) is 2. The maximum atomic E-state index is 11.8. The zero-order valence-electron chi connectivity index (χ0n) is 14.7. The first-order valence-electron chi connectivity index (χ1n) is 8.15. The van der Waals surface area contributed by atoms with E-state index in [2.05, 4.69) is 15.6 Å². The van der Waals surface area contributed by atoms with Crippen molar-refractivity contribution in [1.29, 1.82) is 0 Å². The summed E-state index contributed by atoms with van der Waals surface area (Å²) in [5.41, 5.74) is 0.367. The van der Waals surface area contributed by atoms with E-state index in [0.717, 1.165) is 5.69 Å². The van der Waals surface area contributed by atoms with Crippen molar-refractivity contribution in [3.63, 3.8) is 0 Å². The summed E-state index contributed by atoms with van der Waals surface area (Å²) >= 11 is 1.66. The number of ether oxygens (including phenoxy) is 1. The van der Waals surface area contributed by atoms with Gasteiger partial charge in [-0.3, -0.25) is 0 Å². The quantitative estimate of drug-likeness (QED) is 0.823. The van der Waals surface area contributed by atoms with Gasteiger partial charge < -0.3 is 20.3 Å². The number of carbonyl (C=O) groups is 2. The molecule has 1 saturated carbocycles. The zero-order valence-corrected chi connectivity index (χ0v) is 15.5. The van der Waals surface area contributed by atoms with Gasteiger partial charge in [0.15, 0.2) is 0 Å². The van der Waals surface area contributed by atoms with Gasteiger partial charge in [0.2, 0.25) is 0 Å². The van der Waals surface area contributed by atoms with Crippen LogP contribution in [0.5, 0.6) is 0 Å². The average molecular weight is 354 g/mol. The van der Waals surface area contributed by atoms with Crippen LogP contribution in [0.2, 0.25) is 0 Å². The van der Waals surface area contributed by atoms with Crippen molar-refractivity contribution in [3.8, 4) is 0 Å². The Morgan fingerprint density at radius 3 is 2.71 bits per heavy atom. The van der Waals surface area contributed by atoms with Gasteiger partial charge in [0, 0.05) is 31.4 Å². The van der Waals surface area contributed by atoms with Crippen LogP contribution in [0.15, 0.2) is 5.38 Å². The normalized spacial score (nSPS) is 14.2. The number of likely N-dealkylation sites (N-methyl/N-ethyl adjacent to an activating group) is 1. The minimum atomic E-state index is -0.525. The molecular formula is C16H26N4O3S. The summed E-state index contributed by atoms with van der Waals surface area (Å²) in [5.74, 6) is 0.640. The molecule has 0 aromatic carbocycles. The van der Waals surface area contributed by atoms with Crippen LogP contribution in [0.4, 0.5) is 9.59 Å². The van der Waals surface area contributed by atoms with Crippen molar-refractivity contribution in [2.45, 2.75) is 51.7 Å². The van der Waals surface area contributed by atoms with Crippen LogP contribution in [0.25, 0.3) is 0 Å². The van der Waals surface area contributed by atoms with Crippen LogP contribution in [-0.4, -0.2) is 47.7 Å². The Bertz CT molecular complexity index is 578. The van der Waals surface area contributed by atoms with E-state index in [4.69, 9.17) is 4.74 Å². The van der Waals surface area contributed by atoms with Crippen molar-refractivity contribution < 1.29 is 14.3 Å². The summed E-state index contributed by atoms with van der Waals surface area (Å²) in [4.78, 5) is 29.5. The minimum Gasteiger partial charge on any atom is -0.444 e. The van der Waals surface area contributed by atoms with Gasteiger partial charge in [0.25, 0.3) is 0 Å². The number of urea groups is 1. The second kappa shape index (κ2) is 7.83. The second-order valence-electron chi connectivity index (χ2n) is 6.96. The third-order valence-corrected chi connectivity index (χ3v) is 4.42. The van der Waals surface area contributed by atoms with E-state index in [0.29, 0.717) is 25.6 Å². The largest absolute Gasteiger partial charge is 0.444 e. The predicted molar refractivity (Wildman–Crippen MR) is 93.2 cm³/mol. The van der Waals surface area contributed by atoms with Crippen molar-refractivity contribution in [1.82, 2.24) is 20.5 Å². The molecule has 2 N–H and O–H groups in total. The highest BCUT2D eigenvalue weighted by atomic mass is 32.1. The minimum absolute atomic E-state index is 0.270. The van der Waals surface area contributed by atoms with E-state index in [9.17, 15) is 9.59 Å². The van der Waals surface area contributed by atoms with Gasteiger partial charge in [-0.1, -0.05) is 0 Å². The van der Waals surface area contributed by atoms with Gasteiger partial charge in [-0.15, -0.1) is 11.3 Å². The maximum Gasteiger partial charge on any atom is 0.410 e. The van der Waals surface area contributed by atoms with Gasteiger partial charge in [-0.05, 0) is 33.6 Å². The fourth-order valence-electron chi connectivity index (χ4n) is 1.92. The van der Waals surface area contributed by atoms with E-state index < -0.39 is 11.7 Å². The molecule has 0 atom stereocenters. The summed E-state index contributed by atoms with van der Waals surface area (Å²) in [7, 11) is 1.64. The Morgan fingerprint density at radius 1 is 1.38 bits per heavy atom. The van der Waals surface area contributed by atoms with Crippen molar-refractivity contribution >= 4 is 23.5 Å². The van der Waals surface area contributed by atoms with Gasteiger partial charge >= 0.3 is 12.1 Å². The van der Waals surface area contributed by atoms with Crippen molar-refractivity contribution in [3.05, 3.63) is 16.1 Å². The van der Waals surface area contributed by atoms with E-state index in [1.807, 2.05) is 26.2 Å². The van der Waals surface area contributed by atoms with Crippen molar-refractivity contribution in [2.75, 3.05) is 20.1 Å². The van der Waals surface area contributed by atoms with Crippen LogP contribution in [0.1, 0.15) is 50.2 Å². The molecule has 7 nitrogen and oxygen atoms in total. The van der Waals surface area contributed by atoms with Crippen LogP contribution >= 0.6 is 11.3 Å². The number of thiazole rings is 1. The van der Waals surface area contributed by atoms with E-state index >= 15 is 0 Å². The third kappa shape index (κ3) is 6.35. The lowest BCUT2D eigenvalue weighted by Gasteiger charge is -2.24. The molecule has 8 heteroatoms. The molecule has 24 heavy (non-hydrogen) atoms. The fourth-order valence-corrected chi connectivity index (χ4v) is 2.91. The number of amides is 3. The van der Waals surface area contributed by atoms with Crippen molar-refractivity contribution in [2.24, 2.45) is 0 Å². The summed E-state index contributed by atoms with van der Waals surface area (Å²) in [5, 5.41) is 8.65. The zero-order chi connectivity index (χ0) is 17.7. The molecule has 0 unspecified atom stereocenters. The average Bonchev–Trinajstić information content (AvgIpc) is 3.22. The predicted octanol–water partition coefficient (Wildman–Crippen LogP) is 2.69. The number of nitrogens with zero attached hydrogens (tertiary/aromatic N) is 2. The second-order valence-corrected chi connectivity index (χ2v) is 7.85. The Balaban J connectivity index is 1.61. The Labute approximate surface area is 146 Å². The standard InChI is InChI=1S/C16H26N4O3S/c1-16(2,3)23-15(22)20(4)8-7-17-14(21)18-9-12-10-24-13(19-12)11-5-6-11/h10-11H,5-9H2,1-4H3,(H2,17,18,21). The fraction of sp³-hybridized carbons (Fsp3) is 0.688. The molecule has 2 rings (SSSR count). The maximum absolute atomic E-state index is 11.8. The van der Waals surface area contributed by atoms with Crippen LogP contribution in [0, 0.1) is 0 Å². The molecule has 0 saturated heterocycles. The third-order valence-electron chi connectivity index (χ3n) is 3.36. The molecule has 1 fully saturated rings. The first-order valence-corrected chi connectivity index (χ1v) is 9.02. The molecule has 0 spiro atoms. The van der Waals surface area contributed by atoms with Gasteiger partial charge in [-0.2, -0.15) is 0 Å². The first kappa shape index (κ1) is 18.5.